The molecule has 106 valence electrons. The van der Waals surface area contributed by atoms with E-state index < -0.39 is 0 Å². The Kier molecular flexibility index (Phi) is 6.39. The fourth-order valence-electron chi connectivity index (χ4n) is 3.21. The van der Waals surface area contributed by atoms with Crippen molar-refractivity contribution in [1.29, 1.82) is 0 Å². The molecule has 1 nitrogen and oxygen atoms in total. The van der Waals surface area contributed by atoms with Crippen molar-refractivity contribution in [1.82, 2.24) is 5.32 Å². The van der Waals surface area contributed by atoms with Crippen LogP contribution in [0.2, 0.25) is 0 Å². The lowest BCUT2D eigenvalue weighted by Gasteiger charge is -2.24. The van der Waals surface area contributed by atoms with Crippen molar-refractivity contribution >= 4 is 15.9 Å². The lowest BCUT2D eigenvalue weighted by Crippen LogP contribution is -2.28. The first kappa shape index (κ1) is 15.1. The fraction of sp³-hybridized carbons (Fsp3) is 0.647. The van der Waals surface area contributed by atoms with Gasteiger partial charge in [-0.05, 0) is 49.9 Å². The van der Waals surface area contributed by atoms with Gasteiger partial charge in [0.25, 0.3) is 0 Å². The van der Waals surface area contributed by atoms with Crippen molar-refractivity contribution < 1.29 is 0 Å². The maximum atomic E-state index is 3.56. The van der Waals surface area contributed by atoms with Gasteiger partial charge in [0.2, 0.25) is 0 Å². The topological polar surface area (TPSA) is 12.0 Å². The van der Waals surface area contributed by atoms with Crippen LogP contribution in [0.1, 0.15) is 50.5 Å². The summed E-state index contributed by atoms with van der Waals surface area (Å²) in [5, 5.41) is 3.49. The number of rotatable bonds is 6. The zero-order valence-corrected chi connectivity index (χ0v) is 13.6. The number of likely N-dealkylation sites (N-methyl/N-ethyl adjacent to an activating group) is 1. The molecule has 0 amide bonds. The summed E-state index contributed by atoms with van der Waals surface area (Å²) in [6.45, 7) is 0. The molecule has 0 spiro atoms. The van der Waals surface area contributed by atoms with E-state index in [0.29, 0.717) is 6.04 Å². The summed E-state index contributed by atoms with van der Waals surface area (Å²) in [5.74, 6) is 0.993. The lowest BCUT2D eigenvalue weighted by molar-refractivity contribution is 0.316. The van der Waals surface area contributed by atoms with Crippen molar-refractivity contribution in [3.8, 4) is 0 Å². The van der Waals surface area contributed by atoms with Crippen LogP contribution in [0.15, 0.2) is 28.7 Å². The molecule has 1 aliphatic carbocycles. The minimum Gasteiger partial charge on any atom is -0.317 e. The molecule has 0 saturated heterocycles. The van der Waals surface area contributed by atoms with Gasteiger partial charge in [0.1, 0.15) is 0 Å². The first-order valence-electron chi connectivity index (χ1n) is 7.69. The highest BCUT2D eigenvalue weighted by atomic mass is 79.9. The second-order valence-corrected chi connectivity index (χ2v) is 6.82. The largest absolute Gasteiger partial charge is 0.317 e. The summed E-state index contributed by atoms with van der Waals surface area (Å²) in [5.41, 5.74) is 1.43. The summed E-state index contributed by atoms with van der Waals surface area (Å²) in [4.78, 5) is 0. The molecular weight excluding hydrogens is 298 g/mol. The fourth-order valence-corrected chi connectivity index (χ4v) is 3.66. The van der Waals surface area contributed by atoms with Gasteiger partial charge in [-0.25, -0.2) is 0 Å². The first-order valence-corrected chi connectivity index (χ1v) is 8.49. The second kappa shape index (κ2) is 8.06. The average molecular weight is 324 g/mol. The molecule has 1 fully saturated rings. The molecule has 1 aromatic carbocycles. The maximum Gasteiger partial charge on any atom is 0.0178 e. The van der Waals surface area contributed by atoms with E-state index in [1.807, 2.05) is 0 Å². The molecule has 0 bridgehead atoms. The van der Waals surface area contributed by atoms with Gasteiger partial charge < -0.3 is 5.32 Å². The molecule has 1 aromatic rings. The van der Waals surface area contributed by atoms with Crippen molar-refractivity contribution in [3.05, 3.63) is 34.3 Å². The molecular formula is C17H26BrN. The van der Waals surface area contributed by atoms with Crippen molar-refractivity contribution in [2.45, 2.75) is 57.4 Å². The standard InChI is InChI=1S/C17H26BrN/c1-19-17(11-10-14-6-3-2-4-7-14)13-15-8-5-9-16(18)12-15/h5,8-9,12,14,17,19H,2-4,6-7,10-11,13H2,1H3. The van der Waals surface area contributed by atoms with Gasteiger partial charge in [0.05, 0.1) is 0 Å². The minimum atomic E-state index is 0.622. The van der Waals surface area contributed by atoms with Gasteiger partial charge in [-0.1, -0.05) is 60.2 Å². The van der Waals surface area contributed by atoms with E-state index in [0.717, 1.165) is 12.3 Å². The SMILES string of the molecule is CNC(CCC1CCCCC1)Cc1cccc(Br)c1. The van der Waals surface area contributed by atoms with Gasteiger partial charge >= 0.3 is 0 Å². The van der Waals surface area contributed by atoms with Gasteiger partial charge in [-0.15, -0.1) is 0 Å². The normalized spacial score (nSPS) is 18.4. The van der Waals surface area contributed by atoms with Gasteiger partial charge in [-0.3, -0.25) is 0 Å². The maximum absolute atomic E-state index is 3.56. The molecule has 2 rings (SSSR count). The zero-order chi connectivity index (χ0) is 13.5. The van der Waals surface area contributed by atoms with Crippen LogP contribution in [0.3, 0.4) is 0 Å². The number of hydrogen-bond acceptors (Lipinski definition) is 1. The predicted octanol–water partition coefficient (Wildman–Crippen LogP) is 4.94. The van der Waals surface area contributed by atoms with Gasteiger partial charge in [0.15, 0.2) is 0 Å². The molecule has 0 aliphatic heterocycles. The highest BCUT2D eigenvalue weighted by molar-refractivity contribution is 9.10. The van der Waals surface area contributed by atoms with Crippen LogP contribution in [0.25, 0.3) is 0 Å². The third-order valence-electron chi connectivity index (χ3n) is 4.43. The number of benzene rings is 1. The summed E-state index contributed by atoms with van der Waals surface area (Å²) < 4.78 is 1.19. The van der Waals surface area contributed by atoms with E-state index in [1.165, 1.54) is 55.0 Å². The number of nitrogens with one attached hydrogen (secondary N) is 1. The van der Waals surface area contributed by atoms with Gasteiger partial charge in [0, 0.05) is 10.5 Å². The Morgan fingerprint density at radius 2 is 2.05 bits per heavy atom. The quantitative estimate of drug-likeness (QED) is 0.781. The summed E-state index contributed by atoms with van der Waals surface area (Å²) in [6, 6.07) is 9.32. The Bertz CT molecular complexity index is 371. The Balaban J connectivity index is 1.79. The highest BCUT2D eigenvalue weighted by Gasteiger charge is 2.15. The Hall–Kier alpha value is -0.340. The third-order valence-corrected chi connectivity index (χ3v) is 4.92. The molecule has 1 atom stereocenters. The van der Waals surface area contributed by atoms with E-state index in [-0.39, 0.29) is 0 Å². The van der Waals surface area contributed by atoms with Crippen LogP contribution < -0.4 is 5.32 Å². The lowest BCUT2D eigenvalue weighted by atomic mass is 9.84. The van der Waals surface area contributed by atoms with Crippen LogP contribution in [0.4, 0.5) is 0 Å². The first-order chi connectivity index (χ1) is 9.28. The molecule has 2 heteroatoms. The molecule has 1 N–H and O–H groups in total. The van der Waals surface area contributed by atoms with Gasteiger partial charge in [-0.2, -0.15) is 0 Å². The Morgan fingerprint density at radius 1 is 1.26 bits per heavy atom. The number of hydrogen-bond donors (Lipinski definition) is 1. The number of halogens is 1. The van der Waals surface area contributed by atoms with Crippen molar-refractivity contribution in [2.24, 2.45) is 5.92 Å². The van der Waals surface area contributed by atoms with E-state index in [2.05, 4.69) is 52.6 Å². The van der Waals surface area contributed by atoms with E-state index in [4.69, 9.17) is 0 Å². The smallest absolute Gasteiger partial charge is 0.0178 e. The van der Waals surface area contributed by atoms with Crippen LogP contribution >= 0.6 is 15.9 Å². The second-order valence-electron chi connectivity index (χ2n) is 5.90. The highest BCUT2D eigenvalue weighted by Crippen LogP contribution is 2.28. The van der Waals surface area contributed by atoms with Crippen molar-refractivity contribution in [2.75, 3.05) is 7.05 Å². The Labute approximate surface area is 126 Å². The molecule has 1 saturated carbocycles. The summed E-state index contributed by atoms with van der Waals surface area (Å²) in [6.07, 6.45) is 11.2. The zero-order valence-electron chi connectivity index (χ0n) is 12.0. The van der Waals surface area contributed by atoms with E-state index in [1.54, 1.807) is 0 Å². The molecule has 0 aromatic heterocycles. The van der Waals surface area contributed by atoms with Crippen LogP contribution in [0.5, 0.6) is 0 Å². The molecule has 19 heavy (non-hydrogen) atoms. The molecule has 0 radical (unpaired) electrons. The Morgan fingerprint density at radius 3 is 2.74 bits per heavy atom. The van der Waals surface area contributed by atoms with Crippen LogP contribution in [0, 0.1) is 5.92 Å². The molecule has 1 aliphatic rings. The van der Waals surface area contributed by atoms with E-state index >= 15 is 0 Å². The minimum absolute atomic E-state index is 0.622. The predicted molar refractivity (Wildman–Crippen MR) is 86.5 cm³/mol. The van der Waals surface area contributed by atoms with Crippen molar-refractivity contribution in [3.63, 3.8) is 0 Å². The average Bonchev–Trinajstić information content (AvgIpc) is 2.44. The van der Waals surface area contributed by atoms with E-state index in [9.17, 15) is 0 Å². The third kappa shape index (κ3) is 5.27. The molecule has 1 unspecified atom stereocenters. The summed E-state index contributed by atoms with van der Waals surface area (Å²) in [7, 11) is 2.10. The molecule has 0 heterocycles. The van der Waals surface area contributed by atoms with Crippen LogP contribution in [-0.2, 0) is 6.42 Å². The monoisotopic (exact) mass is 323 g/mol. The van der Waals surface area contributed by atoms with Crippen LogP contribution in [-0.4, -0.2) is 13.1 Å². The summed E-state index contributed by atoms with van der Waals surface area (Å²) >= 11 is 3.56.